The zero-order valence-corrected chi connectivity index (χ0v) is 24.9. The lowest BCUT2D eigenvalue weighted by atomic mass is 10.1. The highest BCUT2D eigenvalue weighted by molar-refractivity contribution is 7.92. The van der Waals surface area contributed by atoms with E-state index in [4.69, 9.17) is 34.8 Å². The van der Waals surface area contributed by atoms with Crippen LogP contribution in [0.25, 0.3) is 0 Å². The Morgan fingerprint density at radius 3 is 2.15 bits per heavy atom. The summed E-state index contributed by atoms with van der Waals surface area (Å²) in [6.07, 6.45) is 0.712. The smallest absolute Gasteiger partial charge is 0.264 e. The molecule has 39 heavy (non-hydrogen) atoms. The molecule has 1 N–H and O–H groups in total. The van der Waals surface area contributed by atoms with E-state index in [1.165, 1.54) is 29.2 Å². The van der Waals surface area contributed by atoms with Gasteiger partial charge in [0.25, 0.3) is 10.0 Å². The van der Waals surface area contributed by atoms with Gasteiger partial charge in [0.2, 0.25) is 11.8 Å². The SMILES string of the molecule is CCCNC(=O)[C@H](C)N(Cc1c(Cl)cccc1Cl)C(=O)CN(c1cccc(C)c1)S(=O)(=O)c1ccc(Cl)cc1. The van der Waals surface area contributed by atoms with E-state index in [-0.39, 0.29) is 17.3 Å². The minimum atomic E-state index is -4.19. The van der Waals surface area contributed by atoms with Gasteiger partial charge in [-0.3, -0.25) is 13.9 Å². The fraction of sp³-hybridized carbons (Fsp3) is 0.286. The molecule has 0 heterocycles. The van der Waals surface area contributed by atoms with E-state index in [2.05, 4.69) is 5.32 Å². The Labute approximate surface area is 244 Å². The number of halogens is 3. The van der Waals surface area contributed by atoms with Crippen LogP contribution in [-0.4, -0.2) is 44.3 Å². The molecule has 0 spiro atoms. The molecule has 0 aliphatic carbocycles. The number of amides is 2. The maximum Gasteiger partial charge on any atom is 0.264 e. The van der Waals surface area contributed by atoms with Crippen molar-refractivity contribution in [3.63, 3.8) is 0 Å². The first-order valence-corrected chi connectivity index (χ1v) is 14.9. The number of sulfonamides is 1. The molecule has 0 saturated heterocycles. The minimum Gasteiger partial charge on any atom is -0.354 e. The monoisotopic (exact) mass is 609 g/mol. The van der Waals surface area contributed by atoms with Gasteiger partial charge in [-0.1, -0.05) is 59.9 Å². The van der Waals surface area contributed by atoms with Crippen LogP contribution < -0.4 is 9.62 Å². The van der Waals surface area contributed by atoms with Crippen LogP contribution in [-0.2, 0) is 26.2 Å². The number of carbonyl (C=O) groups is 2. The molecule has 208 valence electrons. The largest absolute Gasteiger partial charge is 0.354 e. The van der Waals surface area contributed by atoms with Crippen molar-refractivity contribution >= 4 is 62.3 Å². The van der Waals surface area contributed by atoms with E-state index in [9.17, 15) is 18.0 Å². The van der Waals surface area contributed by atoms with Gasteiger partial charge in [-0.05, 0) is 74.4 Å². The summed E-state index contributed by atoms with van der Waals surface area (Å²) in [6.45, 7) is 5.09. The van der Waals surface area contributed by atoms with Gasteiger partial charge < -0.3 is 10.2 Å². The molecule has 3 aromatic rings. The first-order chi connectivity index (χ1) is 18.4. The topological polar surface area (TPSA) is 86.8 Å². The molecule has 0 unspecified atom stereocenters. The quantitative estimate of drug-likeness (QED) is 0.285. The van der Waals surface area contributed by atoms with Crippen molar-refractivity contribution in [1.82, 2.24) is 10.2 Å². The number of benzene rings is 3. The van der Waals surface area contributed by atoms with Gasteiger partial charge in [0.15, 0.2) is 0 Å². The standard InChI is InChI=1S/C28H30Cl3N3O4S/c1-4-15-32-28(36)20(3)33(17-24-25(30)9-6-10-26(24)31)27(35)18-34(22-8-5-7-19(2)16-22)39(37,38)23-13-11-21(29)12-14-23/h5-14,16,20H,4,15,17-18H2,1-3H3,(H,32,36)/t20-/m0/s1. The van der Waals surface area contributed by atoms with Crippen molar-refractivity contribution in [2.45, 2.75) is 44.7 Å². The molecule has 1 atom stereocenters. The van der Waals surface area contributed by atoms with Crippen molar-refractivity contribution in [1.29, 1.82) is 0 Å². The molecular weight excluding hydrogens is 581 g/mol. The Morgan fingerprint density at radius 1 is 0.949 bits per heavy atom. The Hall–Kier alpha value is -2.78. The highest BCUT2D eigenvalue weighted by Crippen LogP contribution is 2.29. The fourth-order valence-electron chi connectivity index (χ4n) is 3.88. The van der Waals surface area contributed by atoms with Crippen LogP contribution in [0.5, 0.6) is 0 Å². The van der Waals surface area contributed by atoms with Crippen LogP contribution in [0.2, 0.25) is 15.1 Å². The van der Waals surface area contributed by atoms with Crippen molar-refractivity contribution in [2.24, 2.45) is 0 Å². The second-order valence-corrected chi connectivity index (χ2v) is 12.1. The molecule has 0 aliphatic rings. The van der Waals surface area contributed by atoms with E-state index < -0.39 is 28.5 Å². The van der Waals surface area contributed by atoms with E-state index in [1.54, 1.807) is 43.3 Å². The van der Waals surface area contributed by atoms with Gasteiger partial charge in [-0.15, -0.1) is 0 Å². The second-order valence-electron chi connectivity index (χ2n) is 8.99. The Balaban J connectivity index is 2.06. The third kappa shape index (κ3) is 7.66. The molecule has 11 heteroatoms. The zero-order valence-electron chi connectivity index (χ0n) is 21.8. The number of nitrogens with one attached hydrogen (secondary N) is 1. The summed E-state index contributed by atoms with van der Waals surface area (Å²) in [5, 5.41) is 3.82. The van der Waals surface area contributed by atoms with Gasteiger partial charge in [0.1, 0.15) is 12.6 Å². The van der Waals surface area contributed by atoms with Gasteiger partial charge in [-0.2, -0.15) is 0 Å². The average Bonchev–Trinajstić information content (AvgIpc) is 2.89. The van der Waals surface area contributed by atoms with E-state index in [0.29, 0.717) is 39.3 Å². The van der Waals surface area contributed by atoms with Crippen molar-refractivity contribution in [2.75, 3.05) is 17.4 Å². The molecule has 0 bridgehead atoms. The van der Waals surface area contributed by atoms with Crippen LogP contribution in [0, 0.1) is 6.92 Å². The highest BCUT2D eigenvalue weighted by atomic mass is 35.5. The van der Waals surface area contributed by atoms with Crippen molar-refractivity contribution in [3.8, 4) is 0 Å². The van der Waals surface area contributed by atoms with E-state index in [0.717, 1.165) is 9.87 Å². The lowest BCUT2D eigenvalue weighted by molar-refractivity contribution is -0.139. The molecule has 3 aromatic carbocycles. The third-order valence-electron chi connectivity index (χ3n) is 6.08. The minimum absolute atomic E-state index is 0.0318. The second kappa shape index (κ2) is 13.5. The van der Waals surface area contributed by atoms with Crippen LogP contribution in [0.4, 0.5) is 5.69 Å². The number of hydrogen-bond donors (Lipinski definition) is 1. The van der Waals surface area contributed by atoms with Gasteiger partial charge in [0.05, 0.1) is 10.6 Å². The predicted octanol–water partition coefficient (Wildman–Crippen LogP) is 6.09. The Morgan fingerprint density at radius 2 is 1.56 bits per heavy atom. The lowest BCUT2D eigenvalue weighted by Gasteiger charge is -2.32. The summed E-state index contributed by atoms with van der Waals surface area (Å²) in [7, 11) is -4.19. The molecule has 0 saturated carbocycles. The predicted molar refractivity (Wildman–Crippen MR) is 157 cm³/mol. The first kappa shape index (κ1) is 30.8. The van der Waals surface area contributed by atoms with E-state index in [1.807, 2.05) is 19.9 Å². The average molecular weight is 611 g/mol. The zero-order chi connectivity index (χ0) is 28.7. The fourth-order valence-corrected chi connectivity index (χ4v) is 5.93. The summed E-state index contributed by atoms with van der Waals surface area (Å²) in [4.78, 5) is 28.1. The highest BCUT2D eigenvalue weighted by Gasteiger charge is 2.33. The molecule has 0 fully saturated rings. The Bertz CT molecular complexity index is 1410. The summed E-state index contributed by atoms with van der Waals surface area (Å²) >= 11 is 18.8. The van der Waals surface area contributed by atoms with Crippen molar-refractivity contribution in [3.05, 3.63) is 92.9 Å². The summed E-state index contributed by atoms with van der Waals surface area (Å²) in [5.74, 6) is -0.986. The van der Waals surface area contributed by atoms with Crippen LogP contribution in [0.1, 0.15) is 31.4 Å². The molecule has 3 rings (SSSR count). The maximum absolute atomic E-state index is 13.9. The summed E-state index contributed by atoms with van der Waals surface area (Å²) < 4.78 is 28.7. The van der Waals surface area contributed by atoms with Crippen LogP contribution in [0.3, 0.4) is 0 Å². The van der Waals surface area contributed by atoms with Gasteiger partial charge in [-0.25, -0.2) is 8.42 Å². The summed E-state index contributed by atoms with van der Waals surface area (Å²) in [6, 6.07) is 16.5. The van der Waals surface area contributed by atoms with Crippen LogP contribution >= 0.6 is 34.8 Å². The molecule has 2 amide bonds. The normalized spacial score (nSPS) is 12.1. The number of nitrogens with zero attached hydrogens (tertiary/aromatic N) is 2. The Kier molecular flexibility index (Phi) is 10.7. The third-order valence-corrected chi connectivity index (χ3v) is 8.83. The number of anilines is 1. The number of aryl methyl sites for hydroxylation is 1. The number of rotatable bonds is 11. The lowest BCUT2D eigenvalue weighted by Crippen LogP contribution is -2.51. The van der Waals surface area contributed by atoms with Gasteiger partial charge >= 0.3 is 0 Å². The first-order valence-electron chi connectivity index (χ1n) is 12.3. The van der Waals surface area contributed by atoms with Crippen molar-refractivity contribution < 1.29 is 18.0 Å². The van der Waals surface area contributed by atoms with Crippen LogP contribution in [0.15, 0.2) is 71.6 Å². The molecule has 0 aliphatic heterocycles. The molecule has 0 aromatic heterocycles. The van der Waals surface area contributed by atoms with E-state index >= 15 is 0 Å². The maximum atomic E-state index is 13.9. The number of carbonyl (C=O) groups excluding carboxylic acids is 2. The molecule has 0 radical (unpaired) electrons. The molecule has 7 nitrogen and oxygen atoms in total. The molecular formula is C28H30Cl3N3O4S. The number of hydrogen-bond acceptors (Lipinski definition) is 4. The summed E-state index contributed by atoms with van der Waals surface area (Å²) in [5.41, 5.74) is 1.56. The van der Waals surface area contributed by atoms with Gasteiger partial charge in [0, 0.05) is 33.7 Å².